The standard InChI is InChI=1S/C16H24N6OS/c1-16(2,3)14-19-20-15(24-14)22-7-5-6-12(10-22)18-13(23)11-8-17-21(4)9-11/h8-9,12H,5-7,10H2,1-4H3,(H,18,23). The first-order chi connectivity index (χ1) is 11.3. The van der Waals surface area contributed by atoms with Gasteiger partial charge >= 0.3 is 0 Å². The lowest BCUT2D eigenvalue weighted by Gasteiger charge is -2.32. The molecule has 0 radical (unpaired) electrons. The van der Waals surface area contributed by atoms with Gasteiger partial charge in [-0.15, -0.1) is 10.2 Å². The van der Waals surface area contributed by atoms with Crippen molar-refractivity contribution in [1.29, 1.82) is 0 Å². The summed E-state index contributed by atoms with van der Waals surface area (Å²) in [5, 5.41) is 17.8. The van der Waals surface area contributed by atoms with E-state index in [1.54, 1.807) is 35.5 Å². The number of piperidine rings is 1. The van der Waals surface area contributed by atoms with Crippen molar-refractivity contribution in [2.75, 3.05) is 18.0 Å². The lowest BCUT2D eigenvalue weighted by Crippen LogP contribution is -2.47. The summed E-state index contributed by atoms with van der Waals surface area (Å²) in [6, 6.07) is 0.119. The number of carbonyl (C=O) groups is 1. The van der Waals surface area contributed by atoms with E-state index in [9.17, 15) is 4.79 Å². The van der Waals surface area contributed by atoms with E-state index >= 15 is 0 Å². The van der Waals surface area contributed by atoms with E-state index in [0.29, 0.717) is 5.56 Å². The van der Waals surface area contributed by atoms with Crippen molar-refractivity contribution >= 4 is 22.4 Å². The third kappa shape index (κ3) is 3.75. The second kappa shape index (κ2) is 6.51. The van der Waals surface area contributed by atoms with Crippen LogP contribution in [0.3, 0.4) is 0 Å². The fourth-order valence-corrected chi connectivity index (χ4v) is 3.66. The molecule has 1 aliphatic rings. The van der Waals surface area contributed by atoms with E-state index in [1.165, 1.54) is 0 Å². The zero-order valence-electron chi connectivity index (χ0n) is 14.6. The molecular formula is C16H24N6OS. The predicted octanol–water partition coefficient (Wildman–Crippen LogP) is 1.97. The molecule has 8 heteroatoms. The Balaban J connectivity index is 1.64. The van der Waals surface area contributed by atoms with Gasteiger partial charge in [0.25, 0.3) is 5.91 Å². The van der Waals surface area contributed by atoms with Crippen molar-refractivity contribution < 1.29 is 4.79 Å². The summed E-state index contributed by atoms with van der Waals surface area (Å²) in [5.41, 5.74) is 0.611. The first-order valence-corrected chi connectivity index (χ1v) is 9.03. The van der Waals surface area contributed by atoms with Crippen molar-refractivity contribution in [2.24, 2.45) is 7.05 Å². The van der Waals surface area contributed by atoms with Gasteiger partial charge < -0.3 is 10.2 Å². The van der Waals surface area contributed by atoms with Crippen molar-refractivity contribution in [1.82, 2.24) is 25.3 Å². The number of hydrogen-bond acceptors (Lipinski definition) is 6. The average Bonchev–Trinajstić information content (AvgIpc) is 3.16. The number of nitrogens with zero attached hydrogens (tertiary/aromatic N) is 5. The molecule has 7 nitrogen and oxygen atoms in total. The summed E-state index contributed by atoms with van der Waals surface area (Å²) in [7, 11) is 1.81. The van der Waals surface area contributed by atoms with Gasteiger partial charge in [-0.3, -0.25) is 9.48 Å². The van der Waals surface area contributed by atoms with Crippen molar-refractivity contribution in [3.05, 3.63) is 23.0 Å². The van der Waals surface area contributed by atoms with E-state index in [2.05, 4.69) is 46.3 Å². The minimum Gasteiger partial charge on any atom is -0.347 e. The van der Waals surface area contributed by atoms with Crippen LogP contribution in [0.15, 0.2) is 12.4 Å². The SMILES string of the molecule is Cn1cc(C(=O)NC2CCCN(c3nnc(C(C)(C)C)s3)C2)cn1. The highest BCUT2D eigenvalue weighted by Gasteiger charge is 2.26. The molecule has 1 N–H and O–H groups in total. The number of amides is 1. The normalized spacial score (nSPS) is 18.7. The lowest BCUT2D eigenvalue weighted by molar-refractivity contribution is 0.0933. The molecule has 3 heterocycles. The molecule has 1 unspecified atom stereocenters. The lowest BCUT2D eigenvalue weighted by atomic mass is 9.98. The maximum absolute atomic E-state index is 12.3. The molecule has 1 fully saturated rings. The Kier molecular flexibility index (Phi) is 4.58. The highest BCUT2D eigenvalue weighted by atomic mass is 32.1. The average molecular weight is 348 g/mol. The van der Waals surface area contributed by atoms with Crippen LogP contribution in [0.4, 0.5) is 5.13 Å². The first-order valence-electron chi connectivity index (χ1n) is 8.21. The topological polar surface area (TPSA) is 75.9 Å². The van der Waals surface area contributed by atoms with Crippen LogP contribution in [0.2, 0.25) is 0 Å². The van der Waals surface area contributed by atoms with E-state index < -0.39 is 0 Å². The van der Waals surface area contributed by atoms with E-state index in [-0.39, 0.29) is 17.4 Å². The van der Waals surface area contributed by atoms with Crippen LogP contribution in [0.25, 0.3) is 0 Å². The molecule has 1 aliphatic heterocycles. The summed E-state index contributed by atoms with van der Waals surface area (Å²) < 4.78 is 1.64. The molecule has 2 aromatic heterocycles. The van der Waals surface area contributed by atoms with Gasteiger partial charge in [0.05, 0.1) is 11.8 Å². The number of carbonyl (C=O) groups excluding carboxylic acids is 1. The van der Waals surface area contributed by atoms with Crippen LogP contribution in [0, 0.1) is 0 Å². The molecule has 1 amide bonds. The predicted molar refractivity (Wildman–Crippen MR) is 94.5 cm³/mol. The molecule has 3 rings (SSSR count). The summed E-state index contributed by atoms with van der Waals surface area (Å²) in [6.45, 7) is 8.15. The Morgan fingerprint density at radius 2 is 2.17 bits per heavy atom. The number of hydrogen-bond donors (Lipinski definition) is 1. The van der Waals surface area contributed by atoms with Crippen LogP contribution < -0.4 is 10.2 Å². The number of aryl methyl sites for hydroxylation is 1. The molecule has 1 atom stereocenters. The smallest absolute Gasteiger partial charge is 0.254 e. The number of anilines is 1. The largest absolute Gasteiger partial charge is 0.347 e. The third-order valence-electron chi connectivity index (χ3n) is 4.05. The molecule has 0 aliphatic carbocycles. The van der Waals surface area contributed by atoms with Gasteiger partial charge in [0.15, 0.2) is 0 Å². The van der Waals surface area contributed by atoms with Gasteiger partial charge in [-0.25, -0.2) is 0 Å². The molecule has 0 aromatic carbocycles. The van der Waals surface area contributed by atoms with Gasteiger partial charge in [0.2, 0.25) is 5.13 Å². The molecule has 1 saturated heterocycles. The molecule has 130 valence electrons. The molecule has 0 bridgehead atoms. The zero-order valence-corrected chi connectivity index (χ0v) is 15.4. The van der Waals surface area contributed by atoms with Gasteiger partial charge in [-0.05, 0) is 12.8 Å². The minimum atomic E-state index is -0.0670. The Labute approximate surface area is 146 Å². The van der Waals surface area contributed by atoms with Crippen LogP contribution >= 0.6 is 11.3 Å². The number of aromatic nitrogens is 4. The summed E-state index contributed by atoms with van der Waals surface area (Å²) in [4.78, 5) is 14.5. The second-order valence-electron chi connectivity index (χ2n) is 7.30. The van der Waals surface area contributed by atoms with Gasteiger partial charge in [-0.1, -0.05) is 32.1 Å². The Bertz CT molecular complexity index is 716. The third-order valence-corrected chi connectivity index (χ3v) is 5.46. The maximum Gasteiger partial charge on any atom is 0.254 e. The minimum absolute atomic E-state index is 0.0135. The van der Waals surface area contributed by atoms with E-state index in [1.807, 2.05) is 0 Å². The first kappa shape index (κ1) is 16.9. The van der Waals surface area contributed by atoms with Crippen molar-refractivity contribution in [3.63, 3.8) is 0 Å². The van der Waals surface area contributed by atoms with Crippen molar-refractivity contribution in [3.8, 4) is 0 Å². The zero-order chi connectivity index (χ0) is 17.3. The van der Waals surface area contributed by atoms with Gasteiger partial charge in [0.1, 0.15) is 5.01 Å². The maximum atomic E-state index is 12.3. The highest BCUT2D eigenvalue weighted by Crippen LogP contribution is 2.31. The molecule has 0 spiro atoms. The van der Waals surface area contributed by atoms with Crippen LogP contribution in [0.5, 0.6) is 0 Å². The molecular weight excluding hydrogens is 324 g/mol. The van der Waals surface area contributed by atoms with Crippen LogP contribution in [0.1, 0.15) is 49.0 Å². The Morgan fingerprint density at radius 1 is 1.38 bits per heavy atom. The fourth-order valence-electron chi connectivity index (χ4n) is 2.72. The molecule has 2 aromatic rings. The van der Waals surface area contributed by atoms with Crippen LogP contribution in [-0.2, 0) is 12.5 Å². The van der Waals surface area contributed by atoms with Crippen molar-refractivity contribution in [2.45, 2.75) is 45.1 Å². The second-order valence-corrected chi connectivity index (χ2v) is 8.26. The Morgan fingerprint density at radius 3 is 2.79 bits per heavy atom. The van der Waals surface area contributed by atoms with E-state index in [4.69, 9.17) is 0 Å². The van der Waals surface area contributed by atoms with Gasteiger partial charge in [-0.2, -0.15) is 5.10 Å². The number of rotatable bonds is 3. The van der Waals surface area contributed by atoms with Gasteiger partial charge in [0, 0.05) is 37.8 Å². The summed E-state index contributed by atoms with van der Waals surface area (Å²) in [5.74, 6) is -0.0670. The van der Waals surface area contributed by atoms with E-state index in [0.717, 1.165) is 36.1 Å². The monoisotopic (exact) mass is 348 g/mol. The number of nitrogens with one attached hydrogen (secondary N) is 1. The molecule has 24 heavy (non-hydrogen) atoms. The summed E-state index contributed by atoms with van der Waals surface area (Å²) >= 11 is 1.64. The Hall–Kier alpha value is -1.96. The van der Waals surface area contributed by atoms with Crippen LogP contribution in [-0.4, -0.2) is 45.0 Å². The highest BCUT2D eigenvalue weighted by molar-refractivity contribution is 7.15. The fraction of sp³-hybridized carbons (Fsp3) is 0.625. The summed E-state index contributed by atoms with van der Waals surface area (Å²) in [6.07, 6.45) is 5.34. The molecule has 0 saturated carbocycles. The quantitative estimate of drug-likeness (QED) is 0.918.